The predicted molar refractivity (Wildman–Crippen MR) is 60.6 cm³/mol. The summed E-state index contributed by atoms with van der Waals surface area (Å²) in [6.45, 7) is 1.88. The lowest BCUT2D eigenvalue weighted by Crippen LogP contribution is -2.23. The summed E-state index contributed by atoms with van der Waals surface area (Å²) in [4.78, 5) is 0. The molecule has 0 saturated heterocycles. The molecule has 1 fully saturated rings. The smallest absolute Gasteiger partial charge is 0.328 e. The fourth-order valence-corrected chi connectivity index (χ4v) is 2.67. The summed E-state index contributed by atoms with van der Waals surface area (Å²) in [6.07, 6.45) is -2.50. The molecule has 1 nitrogen and oxygen atoms in total. The van der Waals surface area contributed by atoms with E-state index in [4.69, 9.17) is 5.73 Å². The van der Waals surface area contributed by atoms with Crippen LogP contribution in [0.25, 0.3) is 0 Å². The highest BCUT2D eigenvalue weighted by Gasteiger charge is 2.39. The Labute approximate surface area is 103 Å². The molecular formula is C13H15F4N. The van der Waals surface area contributed by atoms with E-state index in [1.807, 2.05) is 6.92 Å². The Balaban J connectivity index is 2.42. The van der Waals surface area contributed by atoms with Crippen LogP contribution < -0.4 is 5.73 Å². The molecule has 0 heterocycles. The zero-order chi connectivity index (χ0) is 13.6. The molecule has 0 amide bonds. The summed E-state index contributed by atoms with van der Waals surface area (Å²) in [6, 6.07) is 3.26. The maximum Gasteiger partial charge on any atom is 0.419 e. The molecule has 1 aromatic carbocycles. The molecule has 1 saturated carbocycles. The van der Waals surface area contributed by atoms with Crippen LogP contribution in [0.4, 0.5) is 17.6 Å². The van der Waals surface area contributed by atoms with Crippen LogP contribution >= 0.6 is 0 Å². The molecule has 1 aliphatic rings. The first-order valence-electron chi connectivity index (χ1n) is 5.85. The standard InChI is InChI=1S/C13H15F4N/c1-12(5-4-9(18)7-12)8-2-3-11(14)10(6-8)13(15,16)17/h2-3,6,9H,4-5,7,18H2,1H3. The Hall–Kier alpha value is -1.10. The van der Waals surface area contributed by atoms with E-state index >= 15 is 0 Å². The summed E-state index contributed by atoms with van der Waals surface area (Å²) < 4.78 is 51.2. The quantitative estimate of drug-likeness (QED) is 0.768. The average Bonchev–Trinajstić information content (AvgIpc) is 2.58. The van der Waals surface area contributed by atoms with Gasteiger partial charge in [0.2, 0.25) is 0 Å². The van der Waals surface area contributed by atoms with Gasteiger partial charge >= 0.3 is 6.18 Å². The second kappa shape index (κ2) is 4.23. The van der Waals surface area contributed by atoms with E-state index < -0.39 is 17.6 Å². The van der Waals surface area contributed by atoms with Gasteiger partial charge in [-0.1, -0.05) is 13.0 Å². The molecule has 100 valence electrons. The zero-order valence-corrected chi connectivity index (χ0v) is 10.0. The lowest BCUT2D eigenvalue weighted by Gasteiger charge is -2.25. The van der Waals surface area contributed by atoms with Crippen LogP contribution in [0.2, 0.25) is 0 Å². The van der Waals surface area contributed by atoms with Crippen molar-refractivity contribution in [3.05, 3.63) is 35.1 Å². The largest absolute Gasteiger partial charge is 0.419 e. The molecule has 0 aromatic heterocycles. The third kappa shape index (κ3) is 2.36. The zero-order valence-electron chi connectivity index (χ0n) is 10.0. The van der Waals surface area contributed by atoms with Crippen molar-refractivity contribution in [1.29, 1.82) is 0 Å². The SMILES string of the molecule is CC1(c2ccc(F)c(C(F)(F)F)c2)CCC(N)C1. The maximum atomic E-state index is 13.2. The molecule has 0 aliphatic heterocycles. The van der Waals surface area contributed by atoms with Crippen molar-refractivity contribution in [3.8, 4) is 0 Å². The van der Waals surface area contributed by atoms with Gasteiger partial charge in [0.05, 0.1) is 5.56 Å². The monoisotopic (exact) mass is 261 g/mol. The van der Waals surface area contributed by atoms with Crippen LogP contribution in [-0.4, -0.2) is 6.04 Å². The van der Waals surface area contributed by atoms with Crippen LogP contribution in [0.15, 0.2) is 18.2 Å². The van der Waals surface area contributed by atoms with E-state index in [0.29, 0.717) is 12.0 Å². The van der Waals surface area contributed by atoms with Crippen molar-refractivity contribution >= 4 is 0 Å². The van der Waals surface area contributed by atoms with Crippen LogP contribution in [0.1, 0.15) is 37.3 Å². The van der Waals surface area contributed by atoms with E-state index in [9.17, 15) is 17.6 Å². The van der Waals surface area contributed by atoms with E-state index in [1.54, 1.807) is 0 Å². The summed E-state index contributed by atoms with van der Waals surface area (Å²) in [5.74, 6) is -1.22. The average molecular weight is 261 g/mol. The van der Waals surface area contributed by atoms with Gasteiger partial charge in [-0.15, -0.1) is 0 Å². The Kier molecular flexibility index (Phi) is 3.13. The van der Waals surface area contributed by atoms with Gasteiger partial charge in [0.25, 0.3) is 0 Å². The molecule has 2 N–H and O–H groups in total. The number of benzene rings is 1. The van der Waals surface area contributed by atoms with Gasteiger partial charge in [0, 0.05) is 6.04 Å². The van der Waals surface area contributed by atoms with Crippen LogP contribution in [0.3, 0.4) is 0 Å². The lowest BCUT2D eigenvalue weighted by atomic mass is 9.80. The molecule has 2 unspecified atom stereocenters. The Morgan fingerprint density at radius 2 is 2.00 bits per heavy atom. The molecule has 18 heavy (non-hydrogen) atoms. The predicted octanol–water partition coefficient (Wildman–Crippen LogP) is 3.61. The molecule has 2 rings (SSSR count). The highest BCUT2D eigenvalue weighted by molar-refractivity contribution is 5.33. The highest BCUT2D eigenvalue weighted by atomic mass is 19.4. The summed E-state index contributed by atoms with van der Waals surface area (Å²) in [5, 5.41) is 0. The molecule has 1 aromatic rings. The Morgan fingerprint density at radius 3 is 2.50 bits per heavy atom. The van der Waals surface area contributed by atoms with Gasteiger partial charge < -0.3 is 5.73 Å². The molecule has 0 spiro atoms. The maximum absolute atomic E-state index is 13.2. The molecule has 1 aliphatic carbocycles. The number of halogens is 4. The minimum Gasteiger partial charge on any atom is -0.328 e. The topological polar surface area (TPSA) is 26.0 Å². The van der Waals surface area contributed by atoms with Gasteiger partial charge in [-0.25, -0.2) is 4.39 Å². The van der Waals surface area contributed by atoms with Crippen LogP contribution in [0, 0.1) is 5.82 Å². The first-order chi connectivity index (χ1) is 8.22. The molecular weight excluding hydrogens is 246 g/mol. The number of nitrogens with two attached hydrogens (primary N) is 1. The van der Waals surface area contributed by atoms with Gasteiger partial charge in [-0.05, 0) is 42.4 Å². The van der Waals surface area contributed by atoms with Crippen molar-refractivity contribution in [2.24, 2.45) is 5.73 Å². The van der Waals surface area contributed by atoms with Crippen molar-refractivity contribution in [2.75, 3.05) is 0 Å². The number of rotatable bonds is 1. The second-order valence-electron chi connectivity index (χ2n) is 5.26. The minimum atomic E-state index is -4.66. The molecule has 0 bridgehead atoms. The van der Waals surface area contributed by atoms with Gasteiger partial charge in [0.1, 0.15) is 5.82 Å². The van der Waals surface area contributed by atoms with Gasteiger partial charge in [0.15, 0.2) is 0 Å². The summed E-state index contributed by atoms with van der Waals surface area (Å²) in [5.41, 5.74) is 4.75. The first kappa shape index (κ1) is 13.3. The fourth-order valence-electron chi connectivity index (χ4n) is 2.67. The summed E-state index contributed by atoms with van der Waals surface area (Å²) >= 11 is 0. The van der Waals surface area contributed by atoms with E-state index in [1.165, 1.54) is 6.07 Å². The molecule has 5 heteroatoms. The van der Waals surface area contributed by atoms with Crippen LogP contribution in [0.5, 0.6) is 0 Å². The van der Waals surface area contributed by atoms with Gasteiger partial charge in [-0.3, -0.25) is 0 Å². The third-order valence-electron chi connectivity index (χ3n) is 3.75. The minimum absolute atomic E-state index is 0.00869. The first-order valence-corrected chi connectivity index (χ1v) is 5.85. The lowest BCUT2D eigenvalue weighted by molar-refractivity contribution is -0.140. The highest BCUT2D eigenvalue weighted by Crippen LogP contribution is 2.42. The van der Waals surface area contributed by atoms with Crippen molar-refractivity contribution in [3.63, 3.8) is 0 Å². The second-order valence-corrected chi connectivity index (χ2v) is 5.26. The van der Waals surface area contributed by atoms with Gasteiger partial charge in [-0.2, -0.15) is 13.2 Å². The van der Waals surface area contributed by atoms with E-state index in [-0.39, 0.29) is 11.5 Å². The number of alkyl halides is 3. The van der Waals surface area contributed by atoms with Crippen molar-refractivity contribution in [1.82, 2.24) is 0 Å². The Morgan fingerprint density at radius 1 is 1.33 bits per heavy atom. The number of hydrogen-bond donors (Lipinski definition) is 1. The van der Waals surface area contributed by atoms with E-state index in [2.05, 4.69) is 0 Å². The number of hydrogen-bond acceptors (Lipinski definition) is 1. The molecule has 0 radical (unpaired) electrons. The third-order valence-corrected chi connectivity index (χ3v) is 3.75. The summed E-state index contributed by atoms with van der Waals surface area (Å²) in [7, 11) is 0. The Bertz CT molecular complexity index is 455. The normalized spacial score (nSPS) is 28.7. The molecule has 2 atom stereocenters. The fraction of sp³-hybridized carbons (Fsp3) is 0.538. The van der Waals surface area contributed by atoms with Crippen molar-refractivity contribution in [2.45, 2.75) is 43.8 Å². The van der Waals surface area contributed by atoms with E-state index in [0.717, 1.165) is 25.0 Å². The van der Waals surface area contributed by atoms with Crippen LogP contribution in [-0.2, 0) is 11.6 Å². The van der Waals surface area contributed by atoms with Crippen molar-refractivity contribution < 1.29 is 17.6 Å².